The Kier molecular flexibility index (Phi) is 9.75. The summed E-state index contributed by atoms with van der Waals surface area (Å²) in [6.07, 6.45) is 2.33. The number of guanidine groups is 1. The summed E-state index contributed by atoms with van der Waals surface area (Å²) in [7, 11) is 0. The average Bonchev–Trinajstić information content (AvgIpc) is 2.99. The Morgan fingerprint density at radius 1 is 1.29 bits per heavy atom. The van der Waals surface area contributed by atoms with Gasteiger partial charge in [0.05, 0.1) is 6.54 Å². The molecule has 1 unspecified atom stereocenters. The van der Waals surface area contributed by atoms with Crippen molar-refractivity contribution in [1.82, 2.24) is 15.5 Å². The van der Waals surface area contributed by atoms with E-state index in [4.69, 9.17) is 0 Å². The summed E-state index contributed by atoms with van der Waals surface area (Å²) in [5.74, 6) is 1.64. The lowest BCUT2D eigenvalue weighted by molar-refractivity contribution is -0.118. The van der Waals surface area contributed by atoms with Crippen LogP contribution in [0.4, 0.5) is 0 Å². The number of nitrogens with zero attached hydrogens (tertiary/aromatic N) is 2. The van der Waals surface area contributed by atoms with Crippen molar-refractivity contribution >= 4 is 35.8 Å². The number of aliphatic imine (C=N–C) groups is 1. The normalized spacial score (nSPS) is 17.3. The molecule has 0 radical (unpaired) electrons. The van der Waals surface area contributed by atoms with Crippen LogP contribution in [-0.2, 0) is 11.2 Å². The van der Waals surface area contributed by atoms with Crippen LogP contribution in [0.1, 0.15) is 25.8 Å². The molecular weight excluding hydrogens is 415 g/mol. The third-order valence-corrected chi connectivity index (χ3v) is 4.03. The monoisotopic (exact) mass is 444 g/mol. The molecule has 1 heterocycles. The van der Waals surface area contributed by atoms with Gasteiger partial charge in [0.1, 0.15) is 0 Å². The average molecular weight is 444 g/mol. The molecule has 134 valence electrons. The van der Waals surface area contributed by atoms with Crippen molar-refractivity contribution in [2.24, 2.45) is 10.9 Å². The van der Waals surface area contributed by atoms with Crippen LogP contribution in [-0.4, -0.2) is 49.5 Å². The largest absolute Gasteiger partial charge is 0.357 e. The van der Waals surface area contributed by atoms with Crippen LogP contribution in [0.5, 0.6) is 0 Å². The Labute approximate surface area is 162 Å². The third-order valence-electron chi connectivity index (χ3n) is 4.03. The number of carbonyl (C=O) groups excluding carboxylic acids is 1. The molecule has 1 aliphatic rings. The molecule has 0 saturated carbocycles. The summed E-state index contributed by atoms with van der Waals surface area (Å²) < 4.78 is 0. The molecule has 0 aliphatic carbocycles. The summed E-state index contributed by atoms with van der Waals surface area (Å²) in [6, 6.07) is 10.7. The van der Waals surface area contributed by atoms with Crippen molar-refractivity contribution in [3.63, 3.8) is 0 Å². The Bertz CT molecular complexity index is 521. The fraction of sp³-hybridized carbons (Fsp3) is 0.556. The topological polar surface area (TPSA) is 56.7 Å². The first-order valence-corrected chi connectivity index (χ1v) is 8.50. The lowest BCUT2D eigenvalue weighted by Gasteiger charge is -2.21. The van der Waals surface area contributed by atoms with Gasteiger partial charge in [0.2, 0.25) is 5.91 Å². The first-order chi connectivity index (χ1) is 11.2. The molecule has 1 fully saturated rings. The van der Waals surface area contributed by atoms with Crippen LogP contribution in [0.2, 0.25) is 0 Å². The molecule has 1 atom stereocenters. The summed E-state index contributed by atoms with van der Waals surface area (Å²) in [6.45, 7) is 7.76. The van der Waals surface area contributed by atoms with E-state index >= 15 is 0 Å². The number of amides is 1. The van der Waals surface area contributed by atoms with E-state index < -0.39 is 0 Å². The first-order valence-electron chi connectivity index (χ1n) is 8.50. The van der Waals surface area contributed by atoms with Crippen molar-refractivity contribution < 1.29 is 4.79 Å². The van der Waals surface area contributed by atoms with E-state index in [1.807, 2.05) is 0 Å². The summed E-state index contributed by atoms with van der Waals surface area (Å²) in [4.78, 5) is 17.9. The van der Waals surface area contributed by atoms with Crippen LogP contribution in [0.25, 0.3) is 0 Å². The SMILES string of the molecule is CCNC(=NCCNC(C)=O)N1CCC(Cc2ccccc2)C1.I. The van der Waals surface area contributed by atoms with E-state index in [0.717, 1.165) is 32.0 Å². The Morgan fingerprint density at radius 2 is 2.04 bits per heavy atom. The Balaban J connectivity index is 0.00000288. The summed E-state index contributed by atoms with van der Waals surface area (Å²) in [5.41, 5.74) is 1.41. The molecular formula is C18H29IN4O. The number of hydrogen-bond acceptors (Lipinski definition) is 2. The zero-order valence-corrected chi connectivity index (χ0v) is 17.0. The number of halogens is 1. The molecule has 1 amide bonds. The van der Waals surface area contributed by atoms with Crippen LogP contribution in [0.3, 0.4) is 0 Å². The zero-order chi connectivity index (χ0) is 16.5. The molecule has 6 heteroatoms. The molecule has 0 aromatic heterocycles. The van der Waals surface area contributed by atoms with E-state index in [-0.39, 0.29) is 29.9 Å². The lowest BCUT2D eigenvalue weighted by atomic mass is 9.99. The van der Waals surface area contributed by atoms with Gasteiger partial charge >= 0.3 is 0 Å². The number of benzene rings is 1. The molecule has 5 nitrogen and oxygen atoms in total. The maximum atomic E-state index is 10.9. The number of likely N-dealkylation sites (tertiary alicyclic amines) is 1. The maximum Gasteiger partial charge on any atom is 0.216 e. The van der Waals surface area contributed by atoms with Crippen molar-refractivity contribution in [3.05, 3.63) is 35.9 Å². The number of nitrogens with one attached hydrogen (secondary N) is 2. The van der Waals surface area contributed by atoms with Crippen LogP contribution >= 0.6 is 24.0 Å². The van der Waals surface area contributed by atoms with Gasteiger partial charge in [0.25, 0.3) is 0 Å². The predicted octanol–water partition coefficient (Wildman–Crippen LogP) is 2.27. The lowest BCUT2D eigenvalue weighted by Crippen LogP contribution is -2.40. The van der Waals surface area contributed by atoms with Gasteiger partial charge in [0, 0.05) is 33.1 Å². The minimum Gasteiger partial charge on any atom is -0.357 e. The molecule has 2 rings (SSSR count). The van der Waals surface area contributed by atoms with E-state index in [1.54, 1.807) is 0 Å². The highest BCUT2D eigenvalue weighted by atomic mass is 127. The van der Waals surface area contributed by atoms with Crippen molar-refractivity contribution in [1.29, 1.82) is 0 Å². The fourth-order valence-corrected chi connectivity index (χ4v) is 2.96. The summed E-state index contributed by atoms with van der Waals surface area (Å²) in [5, 5.41) is 6.14. The molecule has 1 aromatic rings. The van der Waals surface area contributed by atoms with E-state index in [9.17, 15) is 4.79 Å². The molecule has 1 aliphatic heterocycles. The zero-order valence-electron chi connectivity index (χ0n) is 14.6. The van der Waals surface area contributed by atoms with E-state index in [1.165, 1.54) is 18.9 Å². The van der Waals surface area contributed by atoms with E-state index in [2.05, 4.69) is 57.8 Å². The smallest absolute Gasteiger partial charge is 0.216 e. The van der Waals surface area contributed by atoms with Crippen LogP contribution < -0.4 is 10.6 Å². The van der Waals surface area contributed by atoms with Crippen molar-refractivity contribution in [2.45, 2.75) is 26.7 Å². The Morgan fingerprint density at radius 3 is 2.71 bits per heavy atom. The second-order valence-electron chi connectivity index (χ2n) is 6.01. The fourth-order valence-electron chi connectivity index (χ4n) is 2.96. The minimum absolute atomic E-state index is 0. The van der Waals surface area contributed by atoms with Gasteiger partial charge in [-0.1, -0.05) is 30.3 Å². The number of carbonyl (C=O) groups is 1. The molecule has 0 spiro atoms. The third kappa shape index (κ3) is 7.07. The van der Waals surface area contributed by atoms with Crippen LogP contribution in [0.15, 0.2) is 35.3 Å². The quantitative estimate of drug-likeness (QED) is 0.307. The molecule has 2 N–H and O–H groups in total. The molecule has 1 saturated heterocycles. The molecule has 1 aromatic carbocycles. The summed E-state index contributed by atoms with van der Waals surface area (Å²) >= 11 is 0. The van der Waals surface area contributed by atoms with Crippen molar-refractivity contribution in [2.75, 3.05) is 32.7 Å². The van der Waals surface area contributed by atoms with Crippen molar-refractivity contribution in [3.8, 4) is 0 Å². The van der Waals surface area contributed by atoms with Gasteiger partial charge in [-0.05, 0) is 31.2 Å². The number of rotatable bonds is 6. The van der Waals surface area contributed by atoms with E-state index in [0.29, 0.717) is 19.0 Å². The predicted molar refractivity (Wildman–Crippen MR) is 110 cm³/mol. The van der Waals surface area contributed by atoms with Gasteiger partial charge < -0.3 is 15.5 Å². The van der Waals surface area contributed by atoms with Crippen LogP contribution in [0, 0.1) is 5.92 Å². The number of hydrogen-bond donors (Lipinski definition) is 2. The minimum atomic E-state index is -0.00528. The molecule has 0 bridgehead atoms. The first kappa shape index (κ1) is 20.7. The van der Waals surface area contributed by atoms with Gasteiger partial charge in [-0.25, -0.2) is 0 Å². The van der Waals surface area contributed by atoms with Gasteiger partial charge in [-0.2, -0.15) is 0 Å². The highest BCUT2D eigenvalue weighted by Gasteiger charge is 2.24. The van der Waals surface area contributed by atoms with Gasteiger partial charge in [-0.3, -0.25) is 9.79 Å². The molecule has 24 heavy (non-hydrogen) atoms. The van der Waals surface area contributed by atoms with Gasteiger partial charge in [0.15, 0.2) is 5.96 Å². The van der Waals surface area contributed by atoms with Gasteiger partial charge in [-0.15, -0.1) is 24.0 Å². The standard InChI is InChI=1S/C18H28N4O.HI/c1-3-19-18(21-11-10-20-15(2)23)22-12-9-17(14-22)13-16-7-5-4-6-8-16;/h4-8,17H,3,9-14H2,1-2H3,(H,19,21)(H,20,23);1H. The Hall–Kier alpha value is -1.31. The second kappa shape index (κ2) is 11.3. The highest BCUT2D eigenvalue weighted by Crippen LogP contribution is 2.20. The highest BCUT2D eigenvalue weighted by molar-refractivity contribution is 14.0. The maximum absolute atomic E-state index is 10.9. The second-order valence-corrected chi connectivity index (χ2v) is 6.01.